The number of para-hydroxylation sites is 1. The first-order valence-electron chi connectivity index (χ1n) is 8.72. The standard InChI is InChI=1S/C21H19N3O2S/c1-13-8-10-15(11-9-13)19-18(20(26)23-16-6-4-3-5-7-16)14(2)22-21-24(19)17(25)12-27-21/h3-11,19H,12H2,1-2H3,(H,23,26). The van der Waals surface area contributed by atoms with Crippen LogP contribution in [0.2, 0.25) is 0 Å². The summed E-state index contributed by atoms with van der Waals surface area (Å²) in [4.78, 5) is 31.9. The Hall–Kier alpha value is -2.86. The van der Waals surface area contributed by atoms with E-state index >= 15 is 0 Å². The zero-order chi connectivity index (χ0) is 19.0. The largest absolute Gasteiger partial charge is 0.322 e. The molecule has 1 saturated heterocycles. The zero-order valence-electron chi connectivity index (χ0n) is 15.1. The fourth-order valence-electron chi connectivity index (χ4n) is 3.32. The van der Waals surface area contributed by atoms with Gasteiger partial charge in [0, 0.05) is 5.69 Å². The summed E-state index contributed by atoms with van der Waals surface area (Å²) in [6.45, 7) is 3.84. The van der Waals surface area contributed by atoms with Crippen molar-refractivity contribution in [2.45, 2.75) is 19.9 Å². The highest BCUT2D eigenvalue weighted by molar-refractivity contribution is 8.15. The molecular weight excluding hydrogens is 358 g/mol. The normalized spacial score (nSPS) is 19.0. The van der Waals surface area contributed by atoms with E-state index in [2.05, 4.69) is 10.3 Å². The van der Waals surface area contributed by atoms with Gasteiger partial charge in [-0.2, -0.15) is 0 Å². The van der Waals surface area contributed by atoms with Gasteiger partial charge in [0.25, 0.3) is 5.91 Å². The summed E-state index contributed by atoms with van der Waals surface area (Å²) in [5.41, 5.74) is 3.88. The molecule has 6 heteroatoms. The lowest BCUT2D eigenvalue weighted by atomic mass is 9.93. The zero-order valence-corrected chi connectivity index (χ0v) is 15.9. The Morgan fingerprint density at radius 2 is 1.81 bits per heavy atom. The van der Waals surface area contributed by atoms with Crippen molar-refractivity contribution in [3.8, 4) is 0 Å². The highest BCUT2D eigenvalue weighted by Gasteiger charge is 2.42. The van der Waals surface area contributed by atoms with Crippen LogP contribution in [0, 0.1) is 6.92 Å². The monoisotopic (exact) mass is 377 g/mol. The molecule has 0 aliphatic carbocycles. The summed E-state index contributed by atoms with van der Waals surface area (Å²) >= 11 is 1.42. The number of anilines is 1. The molecule has 2 heterocycles. The van der Waals surface area contributed by atoms with Crippen LogP contribution in [-0.4, -0.2) is 27.6 Å². The fourth-order valence-corrected chi connectivity index (χ4v) is 4.26. The molecule has 2 amide bonds. The number of amides is 2. The number of hydrogen-bond donors (Lipinski definition) is 1. The lowest BCUT2D eigenvalue weighted by molar-refractivity contribution is -0.125. The van der Waals surface area contributed by atoms with E-state index < -0.39 is 6.04 Å². The number of carbonyl (C=O) groups is 2. The van der Waals surface area contributed by atoms with Crippen LogP contribution in [-0.2, 0) is 9.59 Å². The third-order valence-corrected chi connectivity index (χ3v) is 5.59. The molecule has 4 rings (SSSR count). The average Bonchev–Trinajstić information content (AvgIpc) is 3.02. The van der Waals surface area contributed by atoms with Crippen LogP contribution in [0.25, 0.3) is 0 Å². The molecule has 2 aromatic rings. The molecule has 0 bridgehead atoms. The van der Waals surface area contributed by atoms with E-state index in [0.717, 1.165) is 11.1 Å². The highest BCUT2D eigenvalue weighted by Crippen LogP contribution is 2.41. The van der Waals surface area contributed by atoms with Crippen LogP contribution >= 0.6 is 11.8 Å². The second-order valence-corrected chi connectivity index (χ2v) is 7.52. The third-order valence-electron chi connectivity index (χ3n) is 4.65. The van der Waals surface area contributed by atoms with Gasteiger partial charge in [0.2, 0.25) is 5.91 Å². The number of fused-ring (bicyclic) bond motifs is 1. The van der Waals surface area contributed by atoms with Crippen molar-refractivity contribution in [3.05, 3.63) is 77.0 Å². The Balaban J connectivity index is 1.78. The van der Waals surface area contributed by atoms with Crippen LogP contribution in [0.5, 0.6) is 0 Å². The molecular formula is C21H19N3O2S. The maximum absolute atomic E-state index is 13.1. The predicted octanol–water partition coefficient (Wildman–Crippen LogP) is 3.89. The lowest BCUT2D eigenvalue weighted by Crippen LogP contribution is -2.40. The minimum atomic E-state index is -0.468. The van der Waals surface area contributed by atoms with Gasteiger partial charge in [-0.15, -0.1) is 0 Å². The number of aryl methyl sites for hydroxylation is 1. The minimum Gasteiger partial charge on any atom is -0.322 e. The van der Waals surface area contributed by atoms with E-state index in [1.807, 2.05) is 68.4 Å². The summed E-state index contributed by atoms with van der Waals surface area (Å²) < 4.78 is 0. The van der Waals surface area contributed by atoms with Crippen LogP contribution < -0.4 is 5.32 Å². The molecule has 2 aromatic carbocycles. The maximum Gasteiger partial charge on any atom is 0.255 e. The van der Waals surface area contributed by atoms with Crippen LogP contribution in [0.3, 0.4) is 0 Å². The molecule has 136 valence electrons. The Morgan fingerprint density at radius 1 is 1.11 bits per heavy atom. The van der Waals surface area contributed by atoms with E-state index in [9.17, 15) is 9.59 Å². The fraction of sp³-hybridized carbons (Fsp3) is 0.190. The first-order chi connectivity index (χ1) is 13.0. The van der Waals surface area contributed by atoms with E-state index in [1.54, 1.807) is 4.90 Å². The molecule has 2 aliphatic heterocycles. The topological polar surface area (TPSA) is 61.8 Å². The summed E-state index contributed by atoms with van der Waals surface area (Å²) in [5.74, 6) is 0.0841. The average molecular weight is 377 g/mol. The van der Waals surface area contributed by atoms with Gasteiger partial charge in [-0.1, -0.05) is 59.8 Å². The van der Waals surface area contributed by atoms with Crippen LogP contribution in [0.15, 0.2) is 70.9 Å². The molecule has 0 spiro atoms. The maximum atomic E-state index is 13.1. The second-order valence-electron chi connectivity index (χ2n) is 6.58. The Bertz CT molecular complexity index is 965. The van der Waals surface area contributed by atoms with Crippen molar-refractivity contribution in [3.63, 3.8) is 0 Å². The Labute approximate surface area is 162 Å². The number of amidine groups is 1. The van der Waals surface area contributed by atoms with Crippen molar-refractivity contribution in [1.82, 2.24) is 4.90 Å². The number of thioether (sulfide) groups is 1. The van der Waals surface area contributed by atoms with Crippen molar-refractivity contribution in [2.75, 3.05) is 11.1 Å². The van der Waals surface area contributed by atoms with Crippen molar-refractivity contribution in [2.24, 2.45) is 4.99 Å². The SMILES string of the molecule is CC1=C(C(=O)Nc2ccccc2)C(c2ccc(C)cc2)N2C(=O)CSC2=N1. The quantitative estimate of drug-likeness (QED) is 0.883. The number of allylic oxidation sites excluding steroid dienone is 1. The van der Waals surface area contributed by atoms with E-state index in [4.69, 9.17) is 0 Å². The Kier molecular flexibility index (Phi) is 4.58. The van der Waals surface area contributed by atoms with Gasteiger partial charge in [-0.3, -0.25) is 14.5 Å². The van der Waals surface area contributed by atoms with Gasteiger partial charge in [0.15, 0.2) is 5.17 Å². The molecule has 0 saturated carbocycles. The van der Waals surface area contributed by atoms with Gasteiger partial charge in [-0.25, -0.2) is 4.99 Å². The number of hydrogen-bond acceptors (Lipinski definition) is 4. The number of carbonyl (C=O) groups excluding carboxylic acids is 2. The summed E-state index contributed by atoms with van der Waals surface area (Å²) in [5, 5.41) is 3.60. The van der Waals surface area contributed by atoms with Gasteiger partial charge < -0.3 is 5.32 Å². The molecule has 0 aromatic heterocycles. The number of nitrogens with zero attached hydrogens (tertiary/aromatic N) is 2. The Morgan fingerprint density at radius 3 is 2.52 bits per heavy atom. The molecule has 1 fully saturated rings. The number of aliphatic imine (C=N–C) groups is 1. The first-order valence-corrected chi connectivity index (χ1v) is 9.70. The third kappa shape index (κ3) is 3.28. The number of nitrogens with one attached hydrogen (secondary N) is 1. The van der Waals surface area contributed by atoms with Crippen molar-refractivity contribution < 1.29 is 9.59 Å². The van der Waals surface area contributed by atoms with E-state index in [-0.39, 0.29) is 11.8 Å². The van der Waals surface area contributed by atoms with Crippen molar-refractivity contribution in [1.29, 1.82) is 0 Å². The molecule has 5 nitrogen and oxygen atoms in total. The highest BCUT2D eigenvalue weighted by atomic mass is 32.2. The lowest BCUT2D eigenvalue weighted by Gasteiger charge is -2.33. The summed E-state index contributed by atoms with van der Waals surface area (Å²) in [6.07, 6.45) is 0. The van der Waals surface area contributed by atoms with Crippen LogP contribution in [0.4, 0.5) is 5.69 Å². The first kappa shape index (κ1) is 17.5. The molecule has 27 heavy (non-hydrogen) atoms. The summed E-state index contributed by atoms with van der Waals surface area (Å²) in [6, 6.07) is 16.8. The molecule has 1 atom stereocenters. The van der Waals surface area contributed by atoms with Gasteiger partial charge in [0.05, 0.1) is 23.1 Å². The van der Waals surface area contributed by atoms with E-state index in [0.29, 0.717) is 27.9 Å². The van der Waals surface area contributed by atoms with Gasteiger partial charge in [0.1, 0.15) is 0 Å². The van der Waals surface area contributed by atoms with Gasteiger partial charge >= 0.3 is 0 Å². The van der Waals surface area contributed by atoms with E-state index in [1.165, 1.54) is 11.8 Å². The number of rotatable bonds is 3. The van der Waals surface area contributed by atoms with Crippen LogP contribution in [0.1, 0.15) is 24.1 Å². The number of benzene rings is 2. The van der Waals surface area contributed by atoms with Gasteiger partial charge in [-0.05, 0) is 31.5 Å². The van der Waals surface area contributed by atoms with Crippen molar-refractivity contribution >= 4 is 34.4 Å². The second kappa shape index (κ2) is 7.04. The molecule has 1 N–H and O–H groups in total. The molecule has 2 aliphatic rings. The molecule has 1 unspecified atom stereocenters. The predicted molar refractivity (Wildman–Crippen MR) is 108 cm³/mol. The summed E-state index contributed by atoms with van der Waals surface area (Å²) in [7, 11) is 0. The smallest absolute Gasteiger partial charge is 0.255 e. The molecule has 0 radical (unpaired) electrons. The minimum absolute atomic E-state index is 0.0261.